The van der Waals surface area contributed by atoms with Gasteiger partial charge in [-0.25, -0.2) is 4.98 Å². The zero-order valence-electron chi connectivity index (χ0n) is 13.9. The fourth-order valence-corrected chi connectivity index (χ4v) is 2.82. The summed E-state index contributed by atoms with van der Waals surface area (Å²) in [5.74, 6) is -0.335. The van der Waals surface area contributed by atoms with E-state index in [1.807, 2.05) is 43.3 Å². The van der Waals surface area contributed by atoms with Crippen molar-refractivity contribution in [2.75, 3.05) is 19.0 Å². The molecule has 0 fully saturated rings. The Morgan fingerprint density at radius 1 is 1.04 bits per heavy atom. The Morgan fingerprint density at radius 2 is 1.84 bits per heavy atom. The monoisotopic (exact) mass is 332 g/mol. The molecule has 124 valence electrons. The molecule has 0 radical (unpaired) electrons. The molecule has 0 aliphatic carbocycles. The Kier molecular flexibility index (Phi) is 3.42. The molecule has 0 atom stereocenters. The van der Waals surface area contributed by atoms with E-state index in [9.17, 15) is 9.90 Å². The van der Waals surface area contributed by atoms with E-state index in [2.05, 4.69) is 4.98 Å². The van der Waals surface area contributed by atoms with Crippen molar-refractivity contribution in [1.29, 1.82) is 0 Å². The van der Waals surface area contributed by atoms with Gasteiger partial charge in [0.2, 0.25) is 11.2 Å². The van der Waals surface area contributed by atoms with Crippen LogP contribution in [0.1, 0.15) is 0 Å². The topological polar surface area (TPSA) is 66.6 Å². The molecule has 4 rings (SSSR count). The van der Waals surface area contributed by atoms with Crippen LogP contribution in [0.5, 0.6) is 5.75 Å². The number of hydrogen-bond acceptors (Lipinski definition) is 5. The molecule has 2 heterocycles. The molecule has 5 heteroatoms. The molecule has 0 unspecified atom stereocenters. The molecule has 0 amide bonds. The highest BCUT2D eigenvalue weighted by molar-refractivity contribution is 5.86. The van der Waals surface area contributed by atoms with Gasteiger partial charge in [0, 0.05) is 25.2 Å². The molecule has 0 saturated carbocycles. The first-order chi connectivity index (χ1) is 12.0. The third-order valence-corrected chi connectivity index (χ3v) is 4.20. The van der Waals surface area contributed by atoms with Gasteiger partial charge in [-0.3, -0.25) is 4.79 Å². The minimum Gasteiger partial charge on any atom is -0.501 e. The Balaban J connectivity index is 1.92. The zero-order valence-corrected chi connectivity index (χ0v) is 13.9. The maximum Gasteiger partial charge on any atom is 0.235 e. The Hall–Kier alpha value is -3.34. The van der Waals surface area contributed by atoms with Crippen LogP contribution in [0, 0.1) is 0 Å². The molecule has 2 aromatic carbocycles. The lowest BCUT2D eigenvalue weighted by Gasteiger charge is -2.13. The van der Waals surface area contributed by atoms with Crippen molar-refractivity contribution in [1.82, 2.24) is 4.98 Å². The first-order valence-electron chi connectivity index (χ1n) is 7.88. The van der Waals surface area contributed by atoms with Gasteiger partial charge in [0.1, 0.15) is 11.3 Å². The molecule has 2 aromatic heterocycles. The fourth-order valence-electron chi connectivity index (χ4n) is 2.82. The largest absolute Gasteiger partial charge is 0.501 e. The van der Waals surface area contributed by atoms with Crippen molar-refractivity contribution in [3.8, 4) is 17.2 Å². The van der Waals surface area contributed by atoms with Crippen molar-refractivity contribution in [2.45, 2.75) is 0 Å². The summed E-state index contributed by atoms with van der Waals surface area (Å²) in [5.41, 5.74) is 2.22. The summed E-state index contributed by atoms with van der Waals surface area (Å²) < 4.78 is 5.75. The van der Waals surface area contributed by atoms with Crippen LogP contribution < -0.4 is 10.3 Å². The Morgan fingerprint density at radius 3 is 2.64 bits per heavy atom. The van der Waals surface area contributed by atoms with Crippen LogP contribution in [0.2, 0.25) is 0 Å². The first-order valence-corrected chi connectivity index (χ1v) is 7.88. The standard InChI is InChI=1S/C20H16N2O3/c1-22(2)13-8-10-15-12(11-13)7-9-16(21-15)20-19(24)18(23)14-5-3-4-6-17(14)25-20/h3-11,24H,1-2H3. The molecule has 0 aliphatic heterocycles. The predicted octanol–water partition coefficient (Wildman–Crippen LogP) is 3.78. The smallest absolute Gasteiger partial charge is 0.235 e. The van der Waals surface area contributed by atoms with Gasteiger partial charge in [-0.1, -0.05) is 18.2 Å². The van der Waals surface area contributed by atoms with Crippen molar-refractivity contribution < 1.29 is 9.52 Å². The van der Waals surface area contributed by atoms with Gasteiger partial charge < -0.3 is 14.4 Å². The van der Waals surface area contributed by atoms with E-state index >= 15 is 0 Å². The molecule has 0 bridgehead atoms. The van der Waals surface area contributed by atoms with Crippen LogP contribution in [0.25, 0.3) is 33.3 Å². The first kappa shape index (κ1) is 15.2. The van der Waals surface area contributed by atoms with Gasteiger partial charge >= 0.3 is 0 Å². The average Bonchev–Trinajstić information content (AvgIpc) is 2.63. The number of nitrogens with zero attached hydrogens (tertiary/aromatic N) is 2. The minimum atomic E-state index is -0.457. The van der Waals surface area contributed by atoms with Gasteiger partial charge in [0.05, 0.1) is 10.9 Å². The van der Waals surface area contributed by atoms with Gasteiger partial charge in [-0.2, -0.15) is 0 Å². The molecule has 1 N–H and O–H groups in total. The maximum absolute atomic E-state index is 12.4. The second-order valence-corrected chi connectivity index (χ2v) is 6.07. The van der Waals surface area contributed by atoms with Gasteiger partial charge in [0.25, 0.3) is 0 Å². The molecule has 0 saturated heterocycles. The average molecular weight is 332 g/mol. The highest BCUT2D eigenvalue weighted by Gasteiger charge is 2.16. The second-order valence-electron chi connectivity index (χ2n) is 6.07. The molecule has 0 spiro atoms. The van der Waals surface area contributed by atoms with Gasteiger partial charge in [-0.15, -0.1) is 0 Å². The van der Waals surface area contributed by atoms with E-state index in [1.54, 1.807) is 30.3 Å². The number of fused-ring (bicyclic) bond motifs is 2. The van der Waals surface area contributed by atoms with Crippen LogP contribution in [0.4, 0.5) is 5.69 Å². The van der Waals surface area contributed by atoms with E-state index in [-0.39, 0.29) is 5.76 Å². The number of aromatic hydroxyl groups is 1. The summed E-state index contributed by atoms with van der Waals surface area (Å²) in [6.07, 6.45) is 0. The SMILES string of the molecule is CN(C)c1ccc2nc(-c3oc4ccccc4c(=O)c3O)ccc2c1. The van der Waals surface area contributed by atoms with E-state index in [1.165, 1.54) is 0 Å². The molecule has 25 heavy (non-hydrogen) atoms. The zero-order chi connectivity index (χ0) is 17.6. The quantitative estimate of drug-likeness (QED) is 0.605. The Labute approximate surface area is 143 Å². The molecule has 4 aromatic rings. The number of benzene rings is 2. The predicted molar refractivity (Wildman–Crippen MR) is 99.2 cm³/mol. The molecular weight excluding hydrogens is 316 g/mol. The summed E-state index contributed by atoms with van der Waals surface area (Å²) in [7, 11) is 3.95. The van der Waals surface area contributed by atoms with E-state index in [0.717, 1.165) is 16.6 Å². The number of aromatic nitrogens is 1. The lowest BCUT2D eigenvalue weighted by molar-refractivity contribution is 0.448. The second kappa shape index (κ2) is 5.63. The lowest BCUT2D eigenvalue weighted by Crippen LogP contribution is -2.08. The summed E-state index contributed by atoms with van der Waals surface area (Å²) in [4.78, 5) is 18.9. The third-order valence-electron chi connectivity index (χ3n) is 4.20. The Bertz CT molecular complexity index is 1160. The summed E-state index contributed by atoms with van der Waals surface area (Å²) in [6.45, 7) is 0. The van der Waals surface area contributed by atoms with Crippen LogP contribution in [-0.2, 0) is 0 Å². The van der Waals surface area contributed by atoms with Gasteiger partial charge in [0.15, 0.2) is 5.76 Å². The fraction of sp³-hybridized carbons (Fsp3) is 0.100. The van der Waals surface area contributed by atoms with Crippen LogP contribution in [0.15, 0.2) is 63.8 Å². The van der Waals surface area contributed by atoms with Crippen LogP contribution in [0.3, 0.4) is 0 Å². The van der Waals surface area contributed by atoms with Crippen LogP contribution >= 0.6 is 0 Å². The number of para-hydroxylation sites is 1. The van der Waals surface area contributed by atoms with E-state index in [0.29, 0.717) is 16.7 Å². The maximum atomic E-state index is 12.4. The van der Waals surface area contributed by atoms with Crippen molar-refractivity contribution >= 4 is 27.6 Å². The highest BCUT2D eigenvalue weighted by Crippen LogP contribution is 2.30. The summed E-state index contributed by atoms with van der Waals surface area (Å²) >= 11 is 0. The number of rotatable bonds is 2. The molecule has 0 aliphatic rings. The van der Waals surface area contributed by atoms with Crippen molar-refractivity contribution in [3.05, 3.63) is 64.8 Å². The summed E-state index contributed by atoms with van der Waals surface area (Å²) in [6, 6.07) is 16.4. The highest BCUT2D eigenvalue weighted by atomic mass is 16.4. The lowest BCUT2D eigenvalue weighted by atomic mass is 10.1. The number of pyridine rings is 1. The molecular formula is C20H16N2O3. The minimum absolute atomic E-state index is 0.0855. The van der Waals surface area contributed by atoms with E-state index < -0.39 is 11.2 Å². The van der Waals surface area contributed by atoms with Crippen molar-refractivity contribution in [2.24, 2.45) is 0 Å². The van der Waals surface area contributed by atoms with Crippen LogP contribution in [-0.4, -0.2) is 24.2 Å². The van der Waals surface area contributed by atoms with Gasteiger partial charge in [-0.05, 0) is 36.4 Å². The number of anilines is 1. The van der Waals surface area contributed by atoms with E-state index in [4.69, 9.17) is 4.42 Å². The third kappa shape index (κ3) is 2.50. The summed E-state index contributed by atoms with van der Waals surface area (Å²) in [5, 5.41) is 11.6. The molecule has 5 nitrogen and oxygen atoms in total. The number of hydrogen-bond donors (Lipinski definition) is 1. The van der Waals surface area contributed by atoms with Crippen molar-refractivity contribution in [3.63, 3.8) is 0 Å². The normalized spacial score (nSPS) is 11.1.